The van der Waals surface area contributed by atoms with E-state index in [0.717, 1.165) is 43.0 Å². The van der Waals surface area contributed by atoms with Gasteiger partial charge in [-0.3, -0.25) is 9.59 Å². The van der Waals surface area contributed by atoms with E-state index in [4.69, 9.17) is 16.3 Å². The summed E-state index contributed by atoms with van der Waals surface area (Å²) in [6, 6.07) is 3.63. The molecule has 3 unspecified atom stereocenters. The topological polar surface area (TPSA) is 46.6 Å². The number of thioether (sulfide) groups is 1. The highest BCUT2D eigenvalue weighted by molar-refractivity contribution is 8.13. The highest BCUT2D eigenvalue weighted by atomic mass is 35.5. The number of rotatable bonds is 2. The normalized spacial score (nSPS) is 25.5. The van der Waals surface area contributed by atoms with E-state index in [1.807, 2.05) is 6.07 Å². The zero-order valence-corrected chi connectivity index (χ0v) is 15.7. The Hall–Kier alpha value is -1.20. The van der Waals surface area contributed by atoms with Crippen LogP contribution in [0, 0.1) is 11.8 Å². The van der Waals surface area contributed by atoms with Gasteiger partial charge in [0.2, 0.25) is 0 Å². The van der Waals surface area contributed by atoms with Crippen molar-refractivity contribution in [2.45, 2.75) is 43.4 Å². The molecule has 24 heavy (non-hydrogen) atoms. The summed E-state index contributed by atoms with van der Waals surface area (Å²) in [5, 5.41) is 0.434. The van der Waals surface area contributed by atoms with Gasteiger partial charge in [0.25, 0.3) is 5.24 Å². The molecule has 0 saturated heterocycles. The third-order valence-corrected chi connectivity index (χ3v) is 6.60. The van der Waals surface area contributed by atoms with Crippen molar-refractivity contribution >= 4 is 34.6 Å². The SMILES string of the molecule is CCC1CCC2c3cc(Cl)c(SC(=O)N(C)C)cc3OC(=O)C2C1. The van der Waals surface area contributed by atoms with E-state index < -0.39 is 0 Å². The van der Waals surface area contributed by atoms with Crippen LogP contribution in [0.5, 0.6) is 5.75 Å². The zero-order valence-electron chi connectivity index (χ0n) is 14.2. The maximum Gasteiger partial charge on any atom is 0.314 e. The van der Waals surface area contributed by atoms with Gasteiger partial charge in [-0.2, -0.15) is 0 Å². The van der Waals surface area contributed by atoms with Crippen LogP contribution in [0.3, 0.4) is 0 Å². The lowest BCUT2D eigenvalue weighted by molar-refractivity contribution is -0.143. The van der Waals surface area contributed by atoms with Gasteiger partial charge >= 0.3 is 5.97 Å². The predicted octanol–water partition coefficient (Wildman–Crippen LogP) is 4.94. The Morgan fingerprint density at radius 2 is 2.08 bits per heavy atom. The predicted molar refractivity (Wildman–Crippen MR) is 95.9 cm³/mol. The van der Waals surface area contributed by atoms with Gasteiger partial charge in [0.05, 0.1) is 10.9 Å². The van der Waals surface area contributed by atoms with Crippen molar-refractivity contribution in [3.05, 3.63) is 22.7 Å². The molecule has 0 radical (unpaired) electrons. The van der Waals surface area contributed by atoms with Crippen molar-refractivity contribution in [2.24, 2.45) is 11.8 Å². The minimum absolute atomic E-state index is 0.0609. The molecule has 0 aromatic heterocycles. The number of carbonyl (C=O) groups excluding carboxylic acids is 2. The van der Waals surface area contributed by atoms with Crippen LogP contribution < -0.4 is 4.74 Å². The van der Waals surface area contributed by atoms with E-state index in [9.17, 15) is 9.59 Å². The second kappa shape index (κ2) is 6.96. The third-order valence-electron chi connectivity index (χ3n) is 5.08. The molecule has 0 bridgehead atoms. The molecule has 6 heteroatoms. The Bertz CT molecular complexity index is 676. The Morgan fingerprint density at radius 3 is 2.75 bits per heavy atom. The van der Waals surface area contributed by atoms with Crippen molar-refractivity contribution in [1.82, 2.24) is 4.90 Å². The summed E-state index contributed by atoms with van der Waals surface area (Å²) in [5.41, 5.74) is 1.01. The van der Waals surface area contributed by atoms with E-state index in [-0.39, 0.29) is 23.0 Å². The van der Waals surface area contributed by atoms with Crippen LogP contribution in [0.2, 0.25) is 5.02 Å². The molecule has 1 aromatic carbocycles. The highest BCUT2D eigenvalue weighted by Gasteiger charge is 2.42. The van der Waals surface area contributed by atoms with Gasteiger partial charge in [-0.25, -0.2) is 0 Å². The number of hydrogen-bond donors (Lipinski definition) is 0. The number of nitrogens with zero attached hydrogens (tertiary/aromatic N) is 1. The van der Waals surface area contributed by atoms with E-state index in [1.54, 1.807) is 20.2 Å². The summed E-state index contributed by atoms with van der Waals surface area (Å²) >= 11 is 7.45. The fraction of sp³-hybridized carbons (Fsp3) is 0.556. The first-order valence-electron chi connectivity index (χ1n) is 8.35. The summed E-state index contributed by atoms with van der Waals surface area (Å²) in [5.74, 6) is 1.15. The molecule has 2 aliphatic rings. The summed E-state index contributed by atoms with van der Waals surface area (Å²) in [6.45, 7) is 2.18. The average molecular weight is 368 g/mol. The molecule has 0 N–H and O–H groups in total. The van der Waals surface area contributed by atoms with Gasteiger partial charge in [-0.15, -0.1) is 0 Å². The van der Waals surface area contributed by atoms with Crippen LogP contribution in [0.15, 0.2) is 17.0 Å². The van der Waals surface area contributed by atoms with E-state index in [0.29, 0.717) is 21.6 Å². The third kappa shape index (κ3) is 3.29. The minimum Gasteiger partial charge on any atom is -0.426 e. The first kappa shape index (κ1) is 17.6. The lowest BCUT2D eigenvalue weighted by Gasteiger charge is -2.38. The minimum atomic E-state index is -0.136. The Kier molecular flexibility index (Phi) is 5.11. The van der Waals surface area contributed by atoms with Crippen molar-refractivity contribution in [1.29, 1.82) is 0 Å². The smallest absolute Gasteiger partial charge is 0.314 e. The van der Waals surface area contributed by atoms with E-state index in [2.05, 4.69) is 6.92 Å². The average Bonchev–Trinajstić information content (AvgIpc) is 2.56. The molecule has 1 aromatic rings. The molecule has 130 valence electrons. The number of esters is 1. The van der Waals surface area contributed by atoms with E-state index in [1.165, 1.54) is 4.90 Å². The fourth-order valence-electron chi connectivity index (χ4n) is 3.64. The highest BCUT2D eigenvalue weighted by Crippen LogP contribution is 2.50. The van der Waals surface area contributed by atoms with Crippen LogP contribution in [0.25, 0.3) is 0 Å². The maximum absolute atomic E-state index is 12.4. The first-order valence-corrected chi connectivity index (χ1v) is 9.54. The summed E-state index contributed by atoms with van der Waals surface area (Å²) in [7, 11) is 3.39. The van der Waals surface area contributed by atoms with Crippen LogP contribution in [0.4, 0.5) is 4.79 Å². The second-order valence-electron chi connectivity index (χ2n) is 6.80. The number of halogens is 1. The zero-order chi connectivity index (χ0) is 17.4. The van der Waals surface area contributed by atoms with Crippen molar-refractivity contribution in [2.75, 3.05) is 14.1 Å². The summed E-state index contributed by atoms with van der Waals surface area (Å²) in [4.78, 5) is 26.5. The molecule has 1 saturated carbocycles. The van der Waals surface area contributed by atoms with Gasteiger partial charge in [-0.05, 0) is 49.1 Å². The van der Waals surface area contributed by atoms with Crippen LogP contribution in [0.1, 0.15) is 44.1 Å². The molecule has 3 atom stereocenters. The molecule has 1 aliphatic heterocycles. The quantitative estimate of drug-likeness (QED) is 0.422. The first-order chi connectivity index (χ1) is 11.4. The van der Waals surface area contributed by atoms with Gasteiger partial charge in [0.15, 0.2) is 0 Å². The molecule has 3 rings (SSSR count). The second-order valence-corrected chi connectivity index (χ2v) is 8.20. The molecule has 4 nitrogen and oxygen atoms in total. The molecular formula is C18H22ClNO3S. The van der Waals surface area contributed by atoms with Gasteiger partial charge in [-0.1, -0.05) is 24.9 Å². The number of fused-ring (bicyclic) bond motifs is 3. The maximum atomic E-state index is 12.4. The fourth-order valence-corrected chi connectivity index (χ4v) is 4.62. The Labute approximate surface area is 151 Å². The Balaban J connectivity index is 1.91. The van der Waals surface area contributed by atoms with E-state index >= 15 is 0 Å². The number of carbonyl (C=O) groups is 2. The lowest BCUT2D eigenvalue weighted by Crippen LogP contribution is -2.36. The van der Waals surface area contributed by atoms with Gasteiger partial charge in [0.1, 0.15) is 5.75 Å². The number of amides is 1. The van der Waals surface area contributed by atoms with Crippen LogP contribution in [-0.4, -0.2) is 30.2 Å². The number of benzene rings is 1. The van der Waals surface area contributed by atoms with Crippen LogP contribution in [-0.2, 0) is 4.79 Å². The largest absolute Gasteiger partial charge is 0.426 e. The standard InChI is InChI=1S/C18H22ClNO3S/c1-4-10-5-6-11-12-8-14(19)16(24-18(22)20(2)3)9-15(12)23-17(21)13(11)7-10/h8-11,13H,4-7H2,1-3H3. The van der Waals surface area contributed by atoms with Crippen LogP contribution >= 0.6 is 23.4 Å². The molecule has 1 aliphatic carbocycles. The monoisotopic (exact) mass is 367 g/mol. The lowest BCUT2D eigenvalue weighted by atomic mass is 9.69. The van der Waals surface area contributed by atoms with Gasteiger partial charge in [0, 0.05) is 30.5 Å². The van der Waals surface area contributed by atoms with Crippen molar-refractivity contribution in [3.8, 4) is 5.75 Å². The molecule has 1 amide bonds. The van der Waals surface area contributed by atoms with Crippen molar-refractivity contribution in [3.63, 3.8) is 0 Å². The Morgan fingerprint density at radius 1 is 1.33 bits per heavy atom. The molecule has 1 heterocycles. The number of hydrogen-bond acceptors (Lipinski definition) is 4. The number of ether oxygens (including phenoxy) is 1. The summed E-state index contributed by atoms with van der Waals surface area (Å²) < 4.78 is 5.60. The summed E-state index contributed by atoms with van der Waals surface area (Å²) in [6.07, 6.45) is 4.13. The van der Waals surface area contributed by atoms with Gasteiger partial charge < -0.3 is 9.64 Å². The molecular weight excluding hydrogens is 346 g/mol. The molecule has 0 spiro atoms. The molecule has 1 fully saturated rings. The van der Waals surface area contributed by atoms with Crippen molar-refractivity contribution < 1.29 is 14.3 Å².